The molecule has 0 aromatic carbocycles. The van der Waals surface area contributed by atoms with Crippen LogP contribution in [0.3, 0.4) is 0 Å². The summed E-state index contributed by atoms with van der Waals surface area (Å²) in [6.07, 6.45) is 7.76. The molecule has 0 aromatic heterocycles. The average Bonchev–Trinajstić information content (AvgIpc) is 2.69. The van der Waals surface area contributed by atoms with Crippen LogP contribution in [0.4, 0.5) is 0 Å². The van der Waals surface area contributed by atoms with E-state index in [1.54, 1.807) is 0 Å². The molecule has 0 amide bonds. The number of allylic oxidation sites excluding steroid dienone is 2. The van der Waals surface area contributed by atoms with Crippen molar-refractivity contribution in [3.63, 3.8) is 0 Å². The van der Waals surface area contributed by atoms with Crippen LogP contribution in [0.25, 0.3) is 0 Å². The molecule has 60 valence electrons. The van der Waals surface area contributed by atoms with Gasteiger partial charge in [0.15, 0.2) is 0 Å². The zero-order chi connectivity index (χ0) is 7.90. The van der Waals surface area contributed by atoms with Crippen molar-refractivity contribution in [2.24, 2.45) is 11.3 Å². The summed E-state index contributed by atoms with van der Waals surface area (Å²) in [6.45, 7) is 0. The second-order valence-electron chi connectivity index (χ2n) is 3.62. The highest BCUT2D eigenvalue weighted by atomic mass is 16.4. The Kier molecular flexibility index (Phi) is 1.31. The predicted molar refractivity (Wildman–Crippen MR) is 41.2 cm³/mol. The zero-order valence-electron chi connectivity index (χ0n) is 6.42. The predicted octanol–water partition coefficient (Wildman–Crippen LogP) is 1.82. The van der Waals surface area contributed by atoms with Crippen molar-refractivity contribution in [2.45, 2.75) is 25.7 Å². The van der Waals surface area contributed by atoms with Gasteiger partial charge in [-0.1, -0.05) is 12.2 Å². The van der Waals surface area contributed by atoms with E-state index in [0.717, 1.165) is 25.7 Å². The minimum Gasteiger partial charge on any atom is -0.481 e. The summed E-state index contributed by atoms with van der Waals surface area (Å²) in [6, 6.07) is 0. The van der Waals surface area contributed by atoms with Crippen LogP contribution in [0.2, 0.25) is 0 Å². The number of hydrogen-bond donors (Lipinski definition) is 1. The Hall–Kier alpha value is -0.790. The lowest BCUT2D eigenvalue weighted by atomic mass is 9.80. The Labute approximate surface area is 65.9 Å². The third-order valence-corrected chi connectivity index (χ3v) is 2.92. The Morgan fingerprint density at radius 2 is 1.91 bits per heavy atom. The summed E-state index contributed by atoms with van der Waals surface area (Å²) in [5, 5.41) is 9.03. The van der Waals surface area contributed by atoms with Gasteiger partial charge < -0.3 is 5.11 Å². The highest BCUT2D eigenvalue weighted by Gasteiger charge is 2.50. The van der Waals surface area contributed by atoms with Gasteiger partial charge in [-0.25, -0.2) is 0 Å². The van der Waals surface area contributed by atoms with Crippen molar-refractivity contribution >= 4 is 5.97 Å². The van der Waals surface area contributed by atoms with Crippen molar-refractivity contribution in [1.29, 1.82) is 0 Å². The van der Waals surface area contributed by atoms with Crippen LogP contribution in [-0.4, -0.2) is 11.1 Å². The fourth-order valence-corrected chi connectivity index (χ4v) is 1.99. The van der Waals surface area contributed by atoms with Gasteiger partial charge in [-0.3, -0.25) is 4.79 Å². The standard InChI is InChI=1S/C9H12O2/c10-8(11)9(7-3-4-7)5-1-2-6-9/h1-2,7H,3-6H2,(H,10,11). The van der Waals surface area contributed by atoms with Crippen LogP contribution in [0, 0.1) is 11.3 Å². The van der Waals surface area contributed by atoms with Crippen LogP contribution in [-0.2, 0) is 4.79 Å². The maximum atomic E-state index is 11.0. The Morgan fingerprint density at radius 3 is 2.27 bits per heavy atom. The van der Waals surface area contributed by atoms with Gasteiger partial charge in [0.05, 0.1) is 5.41 Å². The summed E-state index contributed by atoms with van der Waals surface area (Å²) in [5.41, 5.74) is -0.389. The van der Waals surface area contributed by atoms with E-state index in [2.05, 4.69) is 0 Å². The zero-order valence-corrected chi connectivity index (χ0v) is 6.42. The first-order valence-electron chi connectivity index (χ1n) is 4.14. The third-order valence-electron chi connectivity index (χ3n) is 2.92. The van der Waals surface area contributed by atoms with Crippen LogP contribution in [0.1, 0.15) is 25.7 Å². The van der Waals surface area contributed by atoms with Crippen molar-refractivity contribution in [1.82, 2.24) is 0 Å². The molecular formula is C9H12O2. The van der Waals surface area contributed by atoms with Crippen LogP contribution in [0.15, 0.2) is 12.2 Å². The fraction of sp³-hybridized carbons (Fsp3) is 0.667. The van der Waals surface area contributed by atoms with Gasteiger partial charge in [-0.15, -0.1) is 0 Å². The lowest BCUT2D eigenvalue weighted by molar-refractivity contribution is -0.149. The molecule has 2 aliphatic rings. The summed E-state index contributed by atoms with van der Waals surface area (Å²) < 4.78 is 0. The van der Waals surface area contributed by atoms with Crippen molar-refractivity contribution in [2.75, 3.05) is 0 Å². The van der Waals surface area contributed by atoms with E-state index in [1.807, 2.05) is 12.2 Å². The third kappa shape index (κ3) is 0.889. The summed E-state index contributed by atoms with van der Waals surface area (Å²) >= 11 is 0. The minimum atomic E-state index is -0.593. The lowest BCUT2D eigenvalue weighted by Gasteiger charge is -2.22. The van der Waals surface area contributed by atoms with E-state index in [0.29, 0.717) is 5.92 Å². The van der Waals surface area contributed by atoms with E-state index in [1.165, 1.54) is 0 Å². The Morgan fingerprint density at radius 1 is 1.36 bits per heavy atom. The molecule has 0 spiro atoms. The molecule has 2 aliphatic carbocycles. The largest absolute Gasteiger partial charge is 0.481 e. The van der Waals surface area contributed by atoms with Gasteiger partial charge in [0.1, 0.15) is 0 Å². The molecule has 0 bridgehead atoms. The van der Waals surface area contributed by atoms with Crippen molar-refractivity contribution in [3.8, 4) is 0 Å². The molecule has 0 radical (unpaired) electrons. The molecule has 0 aromatic rings. The maximum Gasteiger partial charge on any atom is 0.310 e. The normalized spacial score (nSPS) is 27.3. The molecule has 0 unspecified atom stereocenters. The smallest absolute Gasteiger partial charge is 0.310 e. The number of rotatable bonds is 2. The average molecular weight is 152 g/mol. The summed E-state index contributed by atoms with van der Waals surface area (Å²) in [5.74, 6) is -0.125. The molecule has 0 aliphatic heterocycles. The first-order chi connectivity index (χ1) is 5.26. The minimum absolute atomic E-state index is 0.389. The fourth-order valence-electron chi connectivity index (χ4n) is 1.99. The quantitative estimate of drug-likeness (QED) is 0.613. The van der Waals surface area contributed by atoms with Crippen LogP contribution >= 0.6 is 0 Å². The topological polar surface area (TPSA) is 37.3 Å². The Balaban J connectivity index is 2.19. The number of carbonyl (C=O) groups is 1. The van der Waals surface area contributed by atoms with E-state index >= 15 is 0 Å². The molecule has 0 saturated heterocycles. The molecule has 1 saturated carbocycles. The van der Waals surface area contributed by atoms with Gasteiger partial charge in [0, 0.05) is 0 Å². The molecule has 2 nitrogen and oxygen atoms in total. The molecule has 2 heteroatoms. The van der Waals surface area contributed by atoms with Gasteiger partial charge in [0.25, 0.3) is 0 Å². The number of carboxylic acid groups (broad SMARTS) is 1. The van der Waals surface area contributed by atoms with E-state index < -0.39 is 5.97 Å². The highest BCUT2D eigenvalue weighted by Crippen LogP contribution is 2.52. The Bertz CT molecular complexity index is 206. The second kappa shape index (κ2) is 2.10. The number of aliphatic carboxylic acids is 1. The molecule has 0 heterocycles. The van der Waals surface area contributed by atoms with Gasteiger partial charge in [-0.2, -0.15) is 0 Å². The van der Waals surface area contributed by atoms with E-state index in [9.17, 15) is 4.79 Å². The van der Waals surface area contributed by atoms with E-state index in [-0.39, 0.29) is 5.41 Å². The van der Waals surface area contributed by atoms with Crippen molar-refractivity contribution in [3.05, 3.63) is 12.2 Å². The van der Waals surface area contributed by atoms with Crippen LogP contribution < -0.4 is 0 Å². The second-order valence-corrected chi connectivity index (χ2v) is 3.62. The molecule has 2 rings (SSSR count). The molecule has 11 heavy (non-hydrogen) atoms. The number of hydrogen-bond acceptors (Lipinski definition) is 1. The molecule has 0 atom stereocenters. The highest BCUT2D eigenvalue weighted by molar-refractivity contribution is 5.76. The maximum absolute atomic E-state index is 11.0. The lowest BCUT2D eigenvalue weighted by Crippen LogP contribution is -2.30. The first kappa shape index (κ1) is 6.89. The van der Waals surface area contributed by atoms with Gasteiger partial charge in [0.2, 0.25) is 0 Å². The summed E-state index contributed by atoms with van der Waals surface area (Å²) in [4.78, 5) is 11.0. The SMILES string of the molecule is O=C(O)C1(C2CC2)CC=CC1. The van der Waals surface area contributed by atoms with Gasteiger partial charge >= 0.3 is 5.97 Å². The van der Waals surface area contributed by atoms with E-state index in [4.69, 9.17) is 5.11 Å². The molecular weight excluding hydrogens is 140 g/mol. The van der Waals surface area contributed by atoms with Crippen molar-refractivity contribution < 1.29 is 9.90 Å². The van der Waals surface area contributed by atoms with Crippen LogP contribution in [0.5, 0.6) is 0 Å². The van der Waals surface area contributed by atoms with Gasteiger partial charge in [-0.05, 0) is 31.6 Å². The molecule has 1 N–H and O–H groups in total. The first-order valence-corrected chi connectivity index (χ1v) is 4.14. The molecule has 1 fully saturated rings. The summed E-state index contributed by atoms with van der Waals surface area (Å²) in [7, 11) is 0. The monoisotopic (exact) mass is 152 g/mol. The number of carboxylic acids is 1.